The number of methoxy groups -OCH3 is 1. The highest BCUT2D eigenvalue weighted by molar-refractivity contribution is 6.08. The number of anilines is 2. The Labute approximate surface area is 200 Å². The summed E-state index contributed by atoms with van der Waals surface area (Å²) in [6.45, 7) is 1.70. The highest BCUT2D eigenvalue weighted by Crippen LogP contribution is 2.33. The molecule has 35 heavy (non-hydrogen) atoms. The van der Waals surface area contributed by atoms with Crippen LogP contribution >= 0.6 is 0 Å². The second-order valence-corrected chi connectivity index (χ2v) is 8.24. The Hall–Kier alpha value is -4.47. The van der Waals surface area contributed by atoms with Crippen LogP contribution in [0.2, 0.25) is 0 Å². The number of aromatic amines is 1. The van der Waals surface area contributed by atoms with Gasteiger partial charge in [0.1, 0.15) is 11.6 Å². The lowest BCUT2D eigenvalue weighted by Crippen LogP contribution is -2.48. The summed E-state index contributed by atoms with van der Waals surface area (Å²) >= 11 is 0. The van der Waals surface area contributed by atoms with Gasteiger partial charge in [-0.3, -0.25) is 19.7 Å². The standard InChI is InChI=1S/C25H23FN6O3/c1-31-10-11-32(14-22(31)33)16-8-6-15(7-9-16)25(34)28-24-17-12-19(27-13-20(17)29-30-24)23-18(26)4-3-5-21(23)35-2/h3-9,12-13H,10-11,14H2,1-2H3,(H2,28,29,30,34). The third-order valence-electron chi connectivity index (χ3n) is 6.08. The molecule has 4 aromatic rings. The monoisotopic (exact) mass is 474 g/mol. The number of ether oxygens (including phenoxy) is 1. The van der Waals surface area contributed by atoms with Gasteiger partial charge < -0.3 is 19.9 Å². The quantitative estimate of drug-likeness (QED) is 0.460. The Balaban J connectivity index is 1.38. The fraction of sp³-hybridized carbons (Fsp3) is 0.200. The number of nitrogens with zero attached hydrogens (tertiary/aromatic N) is 4. The van der Waals surface area contributed by atoms with Crippen molar-refractivity contribution in [2.24, 2.45) is 0 Å². The molecule has 1 fully saturated rings. The largest absolute Gasteiger partial charge is 0.496 e. The average molecular weight is 474 g/mol. The molecule has 0 spiro atoms. The molecule has 0 unspecified atom stereocenters. The first-order chi connectivity index (χ1) is 16.9. The number of aromatic nitrogens is 3. The van der Waals surface area contributed by atoms with Gasteiger partial charge in [0.2, 0.25) is 5.91 Å². The van der Waals surface area contributed by atoms with Gasteiger partial charge in [-0.25, -0.2) is 4.39 Å². The number of amides is 2. The third kappa shape index (κ3) is 4.25. The summed E-state index contributed by atoms with van der Waals surface area (Å²) in [5, 5.41) is 10.4. The van der Waals surface area contributed by atoms with Crippen molar-refractivity contribution >= 4 is 34.2 Å². The molecule has 1 aliphatic rings. The molecular weight excluding hydrogens is 451 g/mol. The summed E-state index contributed by atoms with van der Waals surface area (Å²) in [6, 6.07) is 13.3. The number of fused-ring (bicyclic) bond motifs is 1. The normalized spacial score (nSPS) is 13.9. The van der Waals surface area contributed by atoms with Gasteiger partial charge in [0, 0.05) is 36.8 Å². The van der Waals surface area contributed by atoms with E-state index in [2.05, 4.69) is 20.5 Å². The molecule has 1 aliphatic heterocycles. The van der Waals surface area contributed by atoms with E-state index in [1.54, 1.807) is 42.3 Å². The van der Waals surface area contributed by atoms with E-state index in [0.717, 1.165) is 12.2 Å². The van der Waals surface area contributed by atoms with Gasteiger partial charge in [0.05, 0.1) is 36.6 Å². The topological polar surface area (TPSA) is 103 Å². The second kappa shape index (κ2) is 9.05. The highest BCUT2D eigenvalue weighted by Gasteiger charge is 2.22. The van der Waals surface area contributed by atoms with Crippen molar-refractivity contribution in [3.63, 3.8) is 0 Å². The molecule has 178 valence electrons. The van der Waals surface area contributed by atoms with Crippen LogP contribution in [0.25, 0.3) is 22.2 Å². The molecular formula is C25H23FN6O3. The first-order valence-corrected chi connectivity index (χ1v) is 11.0. The molecule has 2 N–H and O–H groups in total. The lowest BCUT2D eigenvalue weighted by Gasteiger charge is -2.33. The number of benzene rings is 2. The number of piperazine rings is 1. The maximum absolute atomic E-state index is 14.6. The summed E-state index contributed by atoms with van der Waals surface area (Å²) in [5.41, 5.74) is 2.50. The van der Waals surface area contributed by atoms with E-state index in [-0.39, 0.29) is 17.4 Å². The summed E-state index contributed by atoms with van der Waals surface area (Å²) < 4.78 is 19.8. The highest BCUT2D eigenvalue weighted by atomic mass is 19.1. The van der Waals surface area contributed by atoms with E-state index >= 15 is 0 Å². The zero-order chi connectivity index (χ0) is 24.5. The number of nitrogens with one attached hydrogen (secondary N) is 2. The van der Waals surface area contributed by atoms with Gasteiger partial charge in [0.15, 0.2) is 5.82 Å². The molecule has 1 saturated heterocycles. The molecule has 10 heteroatoms. The van der Waals surface area contributed by atoms with E-state index in [9.17, 15) is 14.0 Å². The number of H-pyrrole nitrogens is 1. The van der Waals surface area contributed by atoms with Crippen LogP contribution in [-0.4, -0.2) is 65.7 Å². The van der Waals surface area contributed by atoms with Crippen molar-refractivity contribution in [2.45, 2.75) is 0 Å². The van der Waals surface area contributed by atoms with Crippen LogP contribution in [-0.2, 0) is 4.79 Å². The fourth-order valence-electron chi connectivity index (χ4n) is 4.05. The molecule has 0 bridgehead atoms. The van der Waals surface area contributed by atoms with E-state index in [1.165, 1.54) is 19.4 Å². The van der Waals surface area contributed by atoms with Crippen LogP contribution in [0.5, 0.6) is 5.75 Å². The van der Waals surface area contributed by atoms with Crippen LogP contribution in [0.15, 0.2) is 54.7 Å². The smallest absolute Gasteiger partial charge is 0.256 e. The molecule has 2 aromatic heterocycles. The minimum absolute atomic E-state index is 0.0605. The minimum Gasteiger partial charge on any atom is -0.496 e. The summed E-state index contributed by atoms with van der Waals surface area (Å²) in [7, 11) is 3.25. The summed E-state index contributed by atoms with van der Waals surface area (Å²) in [5.74, 6) is -0.0928. The SMILES string of the molecule is COc1cccc(F)c1-c1cc2c(NC(=O)c3ccc(N4CCN(C)C(=O)C4)cc3)n[nH]c2cn1. The van der Waals surface area contributed by atoms with E-state index in [4.69, 9.17) is 4.74 Å². The molecule has 2 aromatic carbocycles. The lowest BCUT2D eigenvalue weighted by molar-refractivity contribution is -0.129. The Bertz CT molecular complexity index is 1420. The van der Waals surface area contributed by atoms with Crippen LogP contribution in [0.3, 0.4) is 0 Å². The predicted molar refractivity (Wildman–Crippen MR) is 130 cm³/mol. The lowest BCUT2D eigenvalue weighted by atomic mass is 10.1. The number of likely N-dealkylation sites (N-methyl/N-ethyl adjacent to an activating group) is 1. The van der Waals surface area contributed by atoms with Crippen molar-refractivity contribution in [3.05, 3.63) is 66.1 Å². The van der Waals surface area contributed by atoms with Gasteiger partial charge in [-0.2, -0.15) is 5.10 Å². The number of hydrogen-bond donors (Lipinski definition) is 2. The van der Waals surface area contributed by atoms with Crippen molar-refractivity contribution in [1.82, 2.24) is 20.1 Å². The minimum atomic E-state index is -0.465. The van der Waals surface area contributed by atoms with Crippen molar-refractivity contribution in [1.29, 1.82) is 0 Å². The number of carbonyl (C=O) groups is 2. The first kappa shape index (κ1) is 22.3. The maximum Gasteiger partial charge on any atom is 0.256 e. The number of rotatable bonds is 5. The molecule has 0 aliphatic carbocycles. The summed E-state index contributed by atoms with van der Waals surface area (Å²) in [6.07, 6.45) is 1.53. The molecule has 3 heterocycles. The Morgan fingerprint density at radius 3 is 2.71 bits per heavy atom. The van der Waals surface area contributed by atoms with Crippen LogP contribution in [0.4, 0.5) is 15.9 Å². The van der Waals surface area contributed by atoms with Crippen molar-refractivity contribution in [3.8, 4) is 17.0 Å². The Morgan fingerprint density at radius 2 is 1.97 bits per heavy atom. The van der Waals surface area contributed by atoms with Crippen molar-refractivity contribution < 1.29 is 18.7 Å². The van der Waals surface area contributed by atoms with Gasteiger partial charge in [-0.1, -0.05) is 6.07 Å². The number of carbonyl (C=O) groups excluding carboxylic acids is 2. The van der Waals surface area contributed by atoms with Gasteiger partial charge >= 0.3 is 0 Å². The summed E-state index contributed by atoms with van der Waals surface area (Å²) in [4.78, 5) is 32.9. The zero-order valence-corrected chi connectivity index (χ0v) is 19.2. The molecule has 0 atom stereocenters. The van der Waals surface area contributed by atoms with Crippen LogP contribution < -0.4 is 15.0 Å². The van der Waals surface area contributed by atoms with Gasteiger partial charge in [-0.15, -0.1) is 0 Å². The zero-order valence-electron chi connectivity index (χ0n) is 19.2. The van der Waals surface area contributed by atoms with Gasteiger partial charge in [0.25, 0.3) is 5.91 Å². The third-order valence-corrected chi connectivity index (χ3v) is 6.08. The predicted octanol–water partition coefficient (Wildman–Crippen LogP) is 3.30. The first-order valence-electron chi connectivity index (χ1n) is 11.0. The van der Waals surface area contributed by atoms with Gasteiger partial charge in [-0.05, 0) is 42.5 Å². The van der Waals surface area contributed by atoms with Crippen LogP contribution in [0, 0.1) is 5.82 Å². The molecule has 5 rings (SSSR count). The molecule has 0 saturated carbocycles. The fourth-order valence-corrected chi connectivity index (χ4v) is 4.05. The Kier molecular flexibility index (Phi) is 5.77. The average Bonchev–Trinajstić information content (AvgIpc) is 3.27. The molecule has 2 amide bonds. The van der Waals surface area contributed by atoms with E-state index in [0.29, 0.717) is 46.8 Å². The second-order valence-electron chi connectivity index (χ2n) is 8.24. The number of pyridine rings is 1. The van der Waals surface area contributed by atoms with E-state index in [1.807, 2.05) is 17.0 Å². The molecule has 0 radical (unpaired) electrons. The van der Waals surface area contributed by atoms with Crippen LogP contribution in [0.1, 0.15) is 10.4 Å². The van der Waals surface area contributed by atoms with E-state index < -0.39 is 5.82 Å². The van der Waals surface area contributed by atoms with Crippen molar-refractivity contribution in [2.75, 3.05) is 44.0 Å². The maximum atomic E-state index is 14.6. The molecule has 9 nitrogen and oxygen atoms in total. The number of hydrogen-bond acceptors (Lipinski definition) is 6. The number of halogens is 1. The Morgan fingerprint density at radius 1 is 1.17 bits per heavy atom.